The van der Waals surface area contributed by atoms with Crippen molar-refractivity contribution >= 4 is 57.8 Å². The first-order chi connectivity index (χ1) is 16.9. The number of carbonyl (C=O) groups is 1. The average molecular weight is 529 g/mol. The molecule has 0 aromatic heterocycles. The third-order valence-electron chi connectivity index (χ3n) is 4.90. The molecular weight excluding hydrogens is 507 g/mol. The molecule has 1 aliphatic rings. The van der Waals surface area contributed by atoms with E-state index in [9.17, 15) is 4.79 Å². The number of amidine groups is 1. The van der Waals surface area contributed by atoms with Crippen LogP contribution in [0.5, 0.6) is 17.2 Å². The van der Waals surface area contributed by atoms with Crippen molar-refractivity contribution in [1.29, 1.82) is 0 Å². The minimum Gasteiger partial charge on any atom is -0.497 e. The second kappa shape index (κ2) is 11.5. The molecule has 0 unspecified atom stereocenters. The molecule has 3 aromatic carbocycles. The Morgan fingerprint density at radius 3 is 2.49 bits per heavy atom. The fraction of sp³-hybridized carbons (Fsp3) is 0.154. The monoisotopic (exact) mass is 528 g/mol. The molecule has 35 heavy (non-hydrogen) atoms. The number of methoxy groups -OCH3 is 1. The van der Waals surface area contributed by atoms with Crippen LogP contribution in [0.25, 0.3) is 6.08 Å². The standard InChI is InChI=1S/C26H22Cl2N2O4S/c1-3-33-23-13-16(5-11-22(23)34-15-17-4-10-20(27)21(28)12-17)14-24-25(31)30-26(35-24)29-18-6-8-19(32-2)9-7-18/h4-14H,3,15H2,1-2H3,(H,29,30,31)/b24-14-. The summed E-state index contributed by atoms with van der Waals surface area (Å²) in [4.78, 5) is 17.5. The highest BCUT2D eigenvalue weighted by Crippen LogP contribution is 2.33. The number of carbonyl (C=O) groups excluding carboxylic acids is 1. The molecule has 1 fully saturated rings. The Morgan fingerprint density at radius 2 is 1.77 bits per heavy atom. The van der Waals surface area contributed by atoms with Crippen LogP contribution in [0, 0.1) is 0 Å². The van der Waals surface area contributed by atoms with Crippen LogP contribution >= 0.6 is 35.0 Å². The fourth-order valence-corrected chi connectivity index (χ4v) is 4.36. The lowest BCUT2D eigenvalue weighted by Crippen LogP contribution is -2.19. The van der Waals surface area contributed by atoms with Gasteiger partial charge in [-0.05, 0) is 84.4 Å². The van der Waals surface area contributed by atoms with E-state index >= 15 is 0 Å². The Kier molecular flexibility index (Phi) is 8.23. The Labute approximate surface area is 217 Å². The summed E-state index contributed by atoms with van der Waals surface area (Å²) in [7, 11) is 1.61. The molecule has 180 valence electrons. The summed E-state index contributed by atoms with van der Waals surface area (Å²) in [5, 5.41) is 4.28. The van der Waals surface area contributed by atoms with E-state index in [4.69, 9.17) is 37.4 Å². The lowest BCUT2D eigenvalue weighted by Gasteiger charge is -2.13. The van der Waals surface area contributed by atoms with Crippen molar-refractivity contribution in [2.24, 2.45) is 4.99 Å². The number of rotatable bonds is 8. The van der Waals surface area contributed by atoms with Crippen molar-refractivity contribution in [2.75, 3.05) is 13.7 Å². The van der Waals surface area contributed by atoms with Gasteiger partial charge in [-0.15, -0.1) is 0 Å². The second-order valence-corrected chi connectivity index (χ2v) is 9.20. The van der Waals surface area contributed by atoms with Crippen LogP contribution in [-0.2, 0) is 11.4 Å². The zero-order valence-electron chi connectivity index (χ0n) is 19.0. The van der Waals surface area contributed by atoms with Gasteiger partial charge in [0.05, 0.1) is 34.4 Å². The molecule has 0 atom stereocenters. The molecule has 1 heterocycles. The summed E-state index contributed by atoms with van der Waals surface area (Å²) in [5.41, 5.74) is 2.41. The number of nitrogens with zero attached hydrogens (tertiary/aromatic N) is 1. The number of aliphatic imine (C=N–C) groups is 1. The zero-order chi connectivity index (χ0) is 24.8. The molecule has 1 aliphatic heterocycles. The van der Waals surface area contributed by atoms with Crippen LogP contribution in [0.4, 0.5) is 5.69 Å². The first-order valence-corrected chi connectivity index (χ1v) is 12.3. The van der Waals surface area contributed by atoms with Gasteiger partial charge >= 0.3 is 0 Å². The van der Waals surface area contributed by atoms with Gasteiger partial charge in [-0.3, -0.25) is 4.79 Å². The van der Waals surface area contributed by atoms with Crippen LogP contribution in [0.2, 0.25) is 10.0 Å². The predicted molar refractivity (Wildman–Crippen MR) is 142 cm³/mol. The van der Waals surface area contributed by atoms with Gasteiger partial charge < -0.3 is 19.5 Å². The topological polar surface area (TPSA) is 69.2 Å². The quantitative estimate of drug-likeness (QED) is 0.323. The van der Waals surface area contributed by atoms with Crippen molar-refractivity contribution in [2.45, 2.75) is 13.5 Å². The summed E-state index contributed by atoms with van der Waals surface area (Å²) >= 11 is 13.3. The first kappa shape index (κ1) is 25.0. The molecule has 1 amide bonds. The molecule has 0 aliphatic carbocycles. The Balaban J connectivity index is 1.49. The van der Waals surface area contributed by atoms with E-state index in [2.05, 4.69) is 10.3 Å². The van der Waals surface area contributed by atoms with E-state index in [1.165, 1.54) is 11.8 Å². The summed E-state index contributed by atoms with van der Waals surface area (Å²) in [6.45, 7) is 2.67. The van der Waals surface area contributed by atoms with Crippen LogP contribution in [0.1, 0.15) is 18.1 Å². The second-order valence-electron chi connectivity index (χ2n) is 7.36. The van der Waals surface area contributed by atoms with Gasteiger partial charge in [0.2, 0.25) is 0 Å². The molecule has 0 spiro atoms. The van der Waals surface area contributed by atoms with Gasteiger partial charge in [-0.25, -0.2) is 4.99 Å². The van der Waals surface area contributed by atoms with Crippen molar-refractivity contribution in [3.05, 3.63) is 86.7 Å². The average Bonchev–Trinajstić information content (AvgIpc) is 3.19. The van der Waals surface area contributed by atoms with Crippen molar-refractivity contribution in [3.63, 3.8) is 0 Å². The van der Waals surface area contributed by atoms with Crippen molar-refractivity contribution in [1.82, 2.24) is 5.32 Å². The number of thioether (sulfide) groups is 1. The number of hydrogen-bond acceptors (Lipinski definition) is 6. The maximum absolute atomic E-state index is 12.5. The molecule has 3 aromatic rings. The maximum Gasteiger partial charge on any atom is 0.264 e. The van der Waals surface area contributed by atoms with E-state index in [0.29, 0.717) is 44.8 Å². The maximum atomic E-state index is 12.5. The number of hydrogen-bond donors (Lipinski definition) is 1. The molecule has 4 rings (SSSR count). The molecule has 0 bridgehead atoms. The predicted octanol–water partition coefficient (Wildman–Crippen LogP) is 6.87. The molecule has 0 saturated carbocycles. The third-order valence-corrected chi connectivity index (χ3v) is 6.55. The lowest BCUT2D eigenvalue weighted by molar-refractivity contribution is -0.115. The minimum absolute atomic E-state index is 0.208. The summed E-state index contributed by atoms with van der Waals surface area (Å²) in [5.74, 6) is 1.70. The van der Waals surface area contributed by atoms with Gasteiger partial charge in [-0.1, -0.05) is 35.3 Å². The summed E-state index contributed by atoms with van der Waals surface area (Å²) in [6.07, 6.45) is 1.79. The van der Waals surface area contributed by atoms with Gasteiger partial charge in [-0.2, -0.15) is 0 Å². The smallest absolute Gasteiger partial charge is 0.264 e. The molecule has 1 saturated heterocycles. The normalized spacial score (nSPS) is 15.4. The number of nitrogens with one attached hydrogen (secondary N) is 1. The SMILES string of the molecule is CCOc1cc(/C=C2\SC(=Nc3ccc(OC)cc3)NC2=O)ccc1OCc1ccc(Cl)c(Cl)c1. The Hall–Kier alpha value is -3.13. The van der Waals surface area contributed by atoms with E-state index < -0.39 is 0 Å². The van der Waals surface area contributed by atoms with E-state index in [1.54, 1.807) is 25.3 Å². The molecule has 0 radical (unpaired) electrons. The van der Waals surface area contributed by atoms with Gasteiger partial charge in [0.1, 0.15) is 12.4 Å². The highest BCUT2D eigenvalue weighted by atomic mass is 35.5. The van der Waals surface area contributed by atoms with E-state index in [1.807, 2.05) is 55.5 Å². The van der Waals surface area contributed by atoms with Crippen molar-refractivity contribution < 1.29 is 19.0 Å². The number of halogens is 2. The van der Waals surface area contributed by atoms with Gasteiger partial charge in [0.25, 0.3) is 5.91 Å². The highest BCUT2D eigenvalue weighted by molar-refractivity contribution is 8.18. The van der Waals surface area contributed by atoms with Gasteiger partial charge in [0, 0.05) is 0 Å². The number of amides is 1. The number of ether oxygens (including phenoxy) is 3. The molecule has 1 N–H and O–H groups in total. The van der Waals surface area contributed by atoms with Crippen molar-refractivity contribution in [3.8, 4) is 17.2 Å². The molecule has 9 heteroatoms. The van der Waals surface area contributed by atoms with Crippen LogP contribution in [0.3, 0.4) is 0 Å². The summed E-state index contributed by atoms with van der Waals surface area (Å²) < 4.78 is 16.9. The minimum atomic E-state index is -0.208. The number of benzene rings is 3. The largest absolute Gasteiger partial charge is 0.497 e. The van der Waals surface area contributed by atoms with Crippen LogP contribution < -0.4 is 19.5 Å². The van der Waals surface area contributed by atoms with Crippen LogP contribution in [-0.4, -0.2) is 24.8 Å². The fourth-order valence-electron chi connectivity index (χ4n) is 3.20. The van der Waals surface area contributed by atoms with E-state index in [0.717, 1.165) is 22.6 Å². The Bertz CT molecular complexity index is 1290. The molecular formula is C26H22Cl2N2O4S. The Morgan fingerprint density at radius 1 is 0.971 bits per heavy atom. The van der Waals surface area contributed by atoms with Gasteiger partial charge in [0.15, 0.2) is 16.7 Å². The summed E-state index contributed by atoms with van der Waals surface area (Å²) in [6, 6.07) is 18.2. The molecule has 6 nitrogen and oxygen atoms in total. The van der Waals surface area contributed by atoms with E-state index in [-0.39, 0.29) is 5.91 Å². The highest BCUT2D eigenvalue weighted by Gasteiger charge is 2.24. The zero-order valence-corrected chi connectivity index (χ0v) is 21.3. The lowest BCUT2D eigenvalue weighted by atomic mass is 10.2. The van der Waals surface area contributed by atoms with Crippen LogP contribution in [0.15, 0.2) is 70.6 Å². The third kappa shape index (κ3) is 6.51. The first-order valence-electron chi connectivity index (χ1n) is 10.7.